The Bertz CT molecular complexity index is 834. The largest absolute Gasteiger partial charge is 0.460 e. The van der Waals surface area contributed by atoms with E-state index in [2.05, 4.69) is 10.6 Å². The third kappa shape index (κ3) is 7.41. The molecule has 0 aliphatic heterocycles. The van der Waals surface area contributed by atoms with Gasteiger partial charge in [0.1, 0.15) is 19.2 Å². The molecule has 6 heteroatoms. The van der Waals surface area contributed by atoms with Crippen LogP contribution in [0.15, 0.2) is 54.6 Å². The molecule has 2 amide bonds. The van der Waals surface area contributed by atoms with Crippen LogP contribution in [-0.2, 0) is 20.9 Å². The number of hydrogen-bond donors (Lipinski definition) is 2. The summed E-state index contributed by atoms with van der Waals surface area (Å²) in [6.07, 6.45) is 0.461. The molecule has 0 spiro atoms. The minimum absolute atomic E-state index is 0.148. The summed E-state index contributed by atoms with van der Waals surface area (Å²) in [6, 6.07) is 15.8. The molecule has 0 aliphatic rings. The van der Waals surface area contributed by atoms with Gasteiger partial charge in [-0.2, -0.15) is 0 Å². The molecular weight excluding hydrogens is 368 g/mol. The lowest BCUT2D eigenvalue weighted by molar-refractivity contribution is -0.145. The Morgan fingerprint density at radius 2 is 1.62 bits per heavy atom. The van der Waals surface area contributed by atoms with Crippen molar-refractivity contribution in [3.63, 3.8) is 0 Å². The molecule has 0 fully saturated rings. The number of aryl methyl sites for hydroxylation is 1. The molecule has 2 rings (SSSR count). The lowest BCUT2D eigenvalue weighted by Crippen LogP contribution is -2.48. The first kappa shape index (κ1) is 22.1. The van der Waals surface area contributed by atoms with Crippen molar-refractivity contribution in [2.75, 3.05) is 6.54 Å². The van der Waals surface area contributed by atoms with E-state index < -0.39 is 17.9 Å². The van der Waals surface area contributed by atoms with Crippen LogP contribution in [0.5, 0.6) is 0 Å². The van der Waals surface area contributed by atoms with Gasteiger partial charge in [-0.05, 0) is 36.5 Å². The van der Waals surface area contributed by atoms with Crippen molar-refractivity contribution in [1.29, 1.82) is 0 Å². The van der Waals surface area contributed by atoms with E-state index in [1.165, 1.54) is 0 Å². The van der Waals surface area contributed by atoms with Gasteiger partial charge in [0.25, 0.3) is 5.91 Å². The van der Waals surface area contributed by atoms with Crippen molar-refractivity contribution < 1.29 is 19.1 Å². The molecule has 0 radical (unpaired) electrons. The Labute approximate surface area is 171 Å². The topological polar surface area (TPSA) is 84.5 Å². The van der Waals surface area contributed by atoms with Crippen LogP contribution in [0.2, 0.25) is 0 Å². The lowest BCUT2D eigenvalue weighted by Gasteiger charge is -2.20. The molecule has 2 aromatic rings. The number of nitrogens with one attached hydrogen (secondary N) is 2. The first-order valence-electron chi connectivity index (χ1n) is 9.70. The average Bonchev–Trinajstić information content (AvgIpc) is 2.70. The van der Waals surface area contributed by atoms with Gasteiger partial charge in [0.05, 0.1) is 0 Å². The zero-order chi connectivity index (χ0) is 21.2. The maximum Gasteiger partial charge on any atom is 0.325 e. The Kier molecular flexibility index (Phi) is 8.40. The second-order valence-electron chi connectivity index (χ2n) is 7.33. The van der Waals surface area contributed by atoms with Crippen molar-refractivity contribution in [2.45, 2.75) is 39.8 Å². The second kappa shape index (κ2) is 11.0. The Morgan fingerprint density at radius 1 is 0.966 bits per heavy atom. The maximum atomic E-state index is 12.6. The Balaban J connectivity index is 1.90. The average molecular weight is 396 g/mol. The van der Waals surface area contributed by atoms with Crippen LogP contribution in [-0.4, -0.2) is 30.4 Å². The van der Waals surface area contributed by atoms with Gasteiger partial charge in [0, 0.05) is 5.56 Å². The number of benzene rings is 2. The van der Waals surface area contributed by atoms with Gasteiger partial charge < -0.3 is 15.4 Å². The fourth-order valence-corrected chi connectivity index (χ4v) is 2.84. The third-order valence-corrected chi connectivity index (χ3v) is 4.37. The van der Waals surface area contributed by atoms with Gasteiger partial charge >= 0.3 is 5.97 Å². The SMILES string of the molecule is Cc1ccccc1C(=O)NC(CC(C)C)C(=O)NCC(=O)OCc1ccccc1. The van der Waals surface area contributed by atoms with Crippen molar-refractivity contribution in [2.24, 2.45) is 5.92 Å². The van der Waals surface area contributed by atoms with Crippen LogP contribution in [0.4, 0.5) is 0 Å². The van der Waals surface area contributed by atoms with E-state index in [4.69, 9.17) is 4.74 Å². The molecule has 0 saturated carbocycles. The van der Waals surface area contributed by atoms with Crippen molar-refractivity contribution in [1.82, 2.24) is 10.6 Å². The molecular formula is C23H28N2O4. The smallest absolute Gasteiger partial charge is 0.325 e. The maximum absolute atomic E-state index is 12.6. The van der Waals surface area contributed by atoms with Crippen molar-refractivity contribution >= 4 is 17.8 Å². The molecule has 0 aliphatic carbocycles. The quantitative estimate of drug-likeness (QED) is 0.638. The van der Waals surface area contributed by atoms with Gasteiger partial charge in [-0.1, -0.05) is 62.4 Å². The predicted octanol–water partition coefficient (Wildman–Crippen LogP) is 3.00. The monoisotopic (exact) mass is 396 g/mol. The van der Waals surface area contributed by atoms with Crippen LogP contribution in [0.1, 0.15) is 41.8 Å². The van der Waals surface area contributed by atoms with Crippen LogP contribution in [0.3, 0.4) is 0 Å². The number of carbonyl (C=O) groups excluding carboxylic acids is 3. The van der Waals surface area contributed by atoms with Gasteiger partial charge in [0.15, 0.2) is 0 Å². The van der Waals surface area contributed by atoms with Gasteiger partial charge in [-0.3, -0.25) is 14.4 Å². The fraction of sp³-hybridized carbons (Fsp3) is 0.348. The van der Waals surface area contributed by atoms with Gasteiger partial charge in [-0.25, -0.2) is 0 Å². The summed E-state index contributed by atoms with van der Waals surface area (Å²) in [5.74, 6) is -1.06. The summed E-state index contributed by atoms with van der Waals surface area (Å²) < 4.78 is 5.16. The highest BCUT2D eigenvalue weighted by Crippen LogP contribution is 2.10. The first-order valence-corrected chi connectivity index (χ1v) is 9.70. The highest BCUT2D eigenvalue weighted by atomic mass is 16.5. The normalized spacial score (nSPS) is 11.6. The summed E-state index contributed by atoms with van der Waals surface area (Å²) in [7, 11) is 0. The summed E-state index contributed by atoms with van der Waals surface area (Å²) >= 11 is 0. The molecule has 0 bridgehead atoms. The number of hydrogen-bond acceptors (Lipinski definition) is 4. The molecule has 2 N–H and O–H groups in total. The number of esters is 1. The number of amides is 2. The third-order valence-electron chi connectivity index (χ3n) is 4.37. The van der Waals surface area contributed by atoms with Crippen LogP contribution >= 0.6 is 0 Å². The number of carbonyl (C=O) groups is 3. The molecule has 29 heavy (non-hydrogen) atoms. The van der Waals surface area contributed by atoms with Crippen LogP contribution in [0, 0.1) is 12.8 Å². The minimum atomic E-state index is -0.732. The lowest BCUT2D eigenvalue weighted by atomic mass is 10.0. The summed E-state index contributed by atoms with van der Waals surface area (Å²) in [6.45, 7) is 5.67. The van der Waals surface area contributed by atoms with Crippen LogP contribution in [0.25, 0.3) is 0 Å². The summed E-state index contributed by atoms with van der Waals surface area (Å²) in [5, 5.41) is 5.35. The second-order valence-corrected chi connectivity index (χ2v) is 7.33. The highest BCUT2D eigenvalue weighted by molar-refractivity contribution is 5.98. The molecule has 2 aromatic carbocycles. The first-order chi connectivity index (χ1) is 13.9. The number of rotatable bonds is 9. The van der Waals surface area contributed by atoms with Crippen LogP contribution < -0.4 is 10.6 Å². The molecule has 6 nitrogen and oxygen atoms in total. The van der Waals surface area contributed by atoms with E-state index in [1.54, 1.807) is 12.1 Å². The van der Waals surface area contributed by atoms with E-state index >= 15 is 0 Å². The van der Waals surface area contributed by atoms with E-state index in [0.29, 0.717) is 12.0 Å². The zero-order valence-electron chi connectivity index (χ0n) is 17.1. The van der Waals surface area contributed by atoms with E-state index in [0.717, 1.165) is 11.1 Å². The molecule has 1 unspecified atom stereocenters. The molecule has 0 heterocycles. The molecule has 154 valence electrons. The number of ether oxygens (including phenoxy) is 1. The molecule has 1 atom stereocenters. The molecule has 0 saturated heterocycles. The Morgan fingerprint density at radius 3 is 2.28 bits per heavy atom. The Hall–Kier alpha value is -3.15. The van der Waals surface area contributed by atoms with E-state index in [1.807, 2.05) is 63.2 Å². The summed E-state index contributed by atoms with van der Waals surface area (Å²) in [4.78, 5) is 37.1. The predicted molar refractivity (Wildman–Crippen MR) is 111 cm³/mol. The van der Waals surface area contributed by atoms with Crippen molar-refractivity contribution in [3.8, 4) is 0 Å². The highest BCUT2D eigenvalue weighted by Gasteiger charge is 2.23. The van der Waals surface area contributed by atoms with Gasteiger partial charge in [-0.15, -0.1) is 0 Å². The van der Waals surface area contributed by atoms with E-state index in [-0.39, 0.29) is 25.0 Å². The zero-order valence-corrected chi connectivity index (χ0v) is 17.1. The summed E-state index contributed by atoms with van der Waals surface area (Å²) in [5.41, 5.74) is 2.23. The van der Waals surface area contributed by atoms with Crippen molar-refractivity contribution in [3.05, 3.63) is 71.3 Å². The fourth-order valence-electron chi connectivity index (χ4n) is 2.84. The van der Waals surface area contributed by atoms with Gasteiger partial charge in [0.2, 0.25) is 5.91 Å². The standard InChI is InChI=1S/C23H28N2O4/c1-16(2)13-20(25-22(27)19-12-8-7-9-17(19)3)23(28)24-14-21(26)29-15-18-10-5-4-6-11-18/h4-12,16,20H,13-15H2,1-3H3,(H,24,28)(H,25,27). The van der Waals surface area contributed by atoms with E-state index in [9.17, 15) is 14.4 Å². The minimum Gasteiger partial charge on any atom is -0.460 e. The molecule has 0 aromatic heterocycles.